The molecule has 1 heterocycles. The summed E-state index contributed by atoms with van der Waals surface area (Å²) in [6, 6.07) is 7.72. The van der Waals surface area contributed by atoms with Crippen LogP contribution in [0.3, 0.4) is 0 Å². The number of hydrogen-bond donors (Lipinski definition) is 0. The van der Waals surface area contributed by atoms with Crippen LogP contribution in [0.15, 0.2) is 24.3 Å². The summed E-state index contributed by atoms with van der Waals surface area (Å²) < 4.78 is 5.22. The SMILES string of the molecule is CCOC(=O)C(Cc1ccccc1Cl)CN1CCCC1. The molecule has 1 saturated heterocycles. The monoisotopic (exact) mass is 295 g/mol. The number of rotatable bonds is 6. The Labute approximate surface area is 125 Å². The van der Waals surface area contributed by atoms with Crippen molar-refractivity contribution in [1.29, 1.82) is 0 Å². The smallest absolute Gasteiger partial charge is 0.310 e. The van der Waals surface area contributed by atoms with E-state index in [0.29, 0.717) is 13.0 Å². The molecule has 4 heteroatoms. The van der Waals surface area contributed by atoms with Gasteiger partial charge in [0, 0.05) is 11.6 Å². The Balaban J connectivity index is 2.05. The summed E-state index contributed by atoms with van der Waals surface area (Å²) in [5.41, 5.74) is 1.02. The van der Waals surface area contributed by atoms with Gasteiger partial charge in [0.15, 0.2) is 0 Å². The minimum Gasteiger partial charge on any atom is -0.466 e. The molecule has 0 spiro atoms. The summed E-state index contributed by atoms with van der Waals surface area (Å²) >= 11 is 6.20. The minimum absolute atomic E-state index is 0.112. The van der Waals surface area contributed by atoms with Gasteiger partial charge in [-0.2, -0.15) is 0 Å². The van der Waals surface area contributed by atoms with Gasteiger partial charge in [0.05, 0.1) is 12.5 Å². The Bertz CT molecular complexity index is 444. The molecular formula is C16H22ClNO2. The second-order valence-corrected chi connectivity index (χ2v) is 5.66. The first-order chi connectivity index (χ1) is 9.70. The Morgan fingerprint density at radius 2 is 2.05 bits per heavy atom. The van der Waals surface area contributed by atoms with Gasteiger partial charge in [-0.05, 0) is 50.9 Å². The standard InChI is InChI=1S/C16H22ClNO2/c1-2-20-16(19)14(12-18-9-5-6-10-18)11-13-7-3-4-8-15(13)17/h3-4,7-8,14H,2,5-6,9-12H2,1H3. The molecule has 1 aromatic rings. The number of benzene rings is 1. The number of halogens is 1. The fourth-order valence-electron chi connectivity index (χ4n) is 2.69. The summed E-state index contributed by atoms with van der Waals surface area (Å²) in [5, 5.41) is 0.725. The van der Waals surface area contributed by atoms with Crippen molar-refractivity contribution in [1.82, 2.24) is 4.90 Å². The molecule has 0 bridgehead atoms. The van der Waals surface area contributed by atoms with E-state index in [2.05, 4.69) is 4.90 Å². The average Bonchev–Trinajstić information content (AvgIpc) is 2.93. The molecule has 2 rings (SSSR count). The molecular weight excluding hydrogens is 274 g/mol. The first-order valence-corrected chi connectivity index (χ1v) is 7.71. The molecule has 3 nitrogen and oxygen atoms in total. The van der Waals surface area contributed by atoms with Crippen LogP contribution in [0.1, 0.15) is 25.3 Å². The van der Waals surface area contributed by atoms with E-state index in [1.807, 2.05) is 31.2 Å². The van der Waals surface area contributed by atoms with E-state index >= 15 is 0 Å². The lowest BCUT2D eigenvalue weighted by molar-refractivity contribution is -0.148. The fourth-order valence-corrected chi connectivity index (χ4v) is 2.90. The quantitative estimate of drug-likeness (QED) is 0.755. The van der Waals surface area contributed by atoms with Gasteiger partial charge in [-0.3, -0.25) is 4.79 Å². The second-order valence-electron chi connectivity index (χ2n) is 5.25. The first-order valence-electron chi connectivity index (χ1n) is 7.33. The van der Waals surface area contributed by atoms with Crippen LogP contribution in [0.25, 0.3) is 0 Å². The van der Waals surface area contributed by atoms with Gasteiger partial charge in [-0.15, -0.1) is 0 Å². The number of carbonyl (C=O) groups excluding carboxylic acids is 1. The Hall–Kier alpha value is -1.06. The van der Waals surface area contributed by atoms with Crippen LogP contribution in [0.4, 0.5) is 0 Å². The van der Waals surface area contributed by atoms with Crippen LogP contribution < -0.4 is 0 Å². The topological polar surface area (TPSA) is 29.5 Å². The molecule has 0 aromatic heterocycles. The van der Waals surface area contributed by atoms with Crippen molar-refractivity contribution >= 4 is 17.6 Å². The fraction of sp³-hybridized carbons (Fsp3) is 0.562. The summed E-state index contributed by atoms with van der Waals surface area (Å²) in [6.45, 7) is 5.21. The number of hydrogen-bond acceptors (Lipinski definition) is 3. The molecule has 0 amide bonds. The highest BCUT2D eigenvalue weighted by Gasteiger charge is 2.25. The highest BCUT2D eigenvalue weighted by Crippen LogP contribution is 2.21. The molecule has 1 aliphatic rings. The second kappa shape index (κ2) is 7.65. The molecule has 20 heavy (non-hydrogen) atoms. The van der Waals surface area contributed by atoms with Crippen LogP contribution in [0.2, 0.25) is 5.02 Å². The summed E-state index contributed by atoms with van der Waals surface area (Å²) in [7, 11) is 0. The molecule has 1 aliphatic heterocycles. The molecule has 1 unspecified atom stereocenters. The van der Waals surface area contributed by atoms with Crippen LogP contribution in [0.5, 0.6) is 0 Å². The van der Waals surface area contributed by atoms with Crippen molar-refractivity contribution in [3.63, 3.8) is 0 Å². The minimum atomic E-state index is -0.132. The molecule has 1 atom stereocenters. The maximum Gasteiger partial charge on any atom is 0.310 e. The Morgan fingerprint density at radius 1 is 1.35 bits per heavy atom. The van der Waals surface area contributed by atoms with Crippen molar-refractivity contribution in [3.05, 3.63) is 34.9 Å². The van der Waals surface area contributed by atoms with Crippen molar-refractivity contribution in [2.24, 2.45) is 5.92 Å². The number of nitrogens with zero attached hydrogens (tertiary/aromatic N) is 1. The summed E-state index contributed by atoms with van der Waals surface area (Å²) in [6.07, 6.45) is 3.10. The largest absolute Gasteiger partial charge is 0.466 e. The van der Waals surface area contributed by atoms with Gasteiger partial charge in [-0.1, -0.05) is 29.8 Å². The maximum absolute atomic E-state index is 12.2. The van der Waals surface area contributed by atoms with E-state index in [1.165, 1.54) is 12.8 Å². The lowest BCUT2D eigenvalue weighted by Gasteiger charge is -2.22. The summed E-state index contributed by atoms with van der Waals surface area (Å²) in [5.74, 6) is -0.243. The third kappa shape index (κ3) is 4.22. The van der Waals surface area contributed by atoms with E-state index in [-0.39, 0.29) is 11.9 Å². The van der Waals surface area contributed by atoms with Crippen molar-refractivity contribution in [3.8, 4) is 0 Å². The lowest BCUT2D eigenvalue weighted by Crippen LogP contribution is -2.33. The normalized spacial score (nSPS) is 17.1. The number of carbonyl (C=O) groups is 1. The third-order valence-corrected chi connectivity index (χ3v) is 4.09. The van der Waals surface area contributed by atoms with Gasteiger partial charge in [0.2, 0.25) is 0 Å². The molecule has 0 radical (unpaired) electrons. The van der Waals surface area contributed by atoms with Gasteiger partial charge >= 0.3 is 5.97 Å². The molecule has 1 fully saturated rings. The third-order valence-electron chi connectivity index (χ3n) is 3.72. The molecule has 0 N–H and O–H groups in total. The maximum atomic E-state index is 12.2. The molecule has 1 aromatic carbocycles. The van der Waals surface area contributed by atoms with Gasteiger partial charge in [-0.25, -0.2) is 0 Å². The highest BCUT2D eigenvalue weighted by molar-refractivity contribution is 6.31. The van der Waals surface area contributed by atoms with Crippen molar-refractivity contribution < 1.29 is 9.53 Å². The van der Waals surface area contributed by atoms with E-state index in [4.69, 9.17) is 16.3 Å². The highest BCUT2D eigenvalue weighted by atomic mass is 35.5. The molecule has 0 aliphatic carbocycles. The summed E-state index contributed by atoms with van der Waals surface area (Å²) in [4.78, 5) is 14.5. The zero-order chi connectivity index (χ0) is 14.4. The predicted octanol–water partition coefficient (Wildman–Crippen LogP) is 3.16. The Kier molecular flexibility index (Phi) is 5.86. The van der Waals surface area contributed by atoms with Crippen LogP contribution >= 0.6 is 11.6 Å². The Morgan fingerprint density at radius 3 is 2.70 bits per heavy atom. The van der Waals surface area contributed by atoms with E-state index in [0.717, 1.165) is 30.2 Å². The predicted molar refractivity (Wildman–Crippen MR) is 81.0 cm³/mol. The van der Waals surface area contributed by atoms with E-state index in [1.54, 1.807) is 0 Å². The van der Waals surface area contributed by atoms with E-state index in [9.17, 15) is 4.79 Å². The molecule has 110 valence electrons. The molecule has 0 saturated carbocycles. The first kappa shape index (κ1) is 15.3. The van der Waals surface area contributed by atoms with Gasteiger partial charge in [0.25, 0.3) is 0 Å². The van der Waals surface area contributed by atoms with Crippen LogP contribution in [-0.2, 0) is 16.0 Å². The van der Waals surface area contributed by atoms with Crippen molar-refractivity contribution in [2.75, 3.05) is 26.2 Å². The van der Waals surface area contributed by atoms with Gasteiger partial charge < -0.3 is 9.64 Å². The lowest BCUT2D eigenvalue weighted by atomic mass is 9.98. The van der Waals surface area contributed by atoms with E-state index < -0.39 is 0 Å². The average molecular weight is 296 g/mol. The van der Waals surface area contributed by atoms with Crippen molar-refractivity contribution in [2.45, 2.75) is 26.2 Å². The number of likely N-dealkylation sites (tertiary alicyclic amines) is 1. The zero-order valence-electron chi connectivity index (χ0n) is 12.0. The van der Waals surface area contributed by atoms with Crippen LogP contribution in [-0.4, -0.2) is 37.1 Å². The number of esters is 1. The zero-order valence-corrected chi connectivity index (χ0v) is 12.7. The van der Waals surface area contributed by atoms with Crippen LogP contribution in [0, 0.1) is 5.92 Å². The van der Waals surface area contributed by atoms with Gasteiger partial charge in [0.1, 0.15) is 0 Å². The number of ether oxygens (including phenoxy) is 1.